The Morgan fingerprint density at radius 2 is 2.00 bits per heavy atom. The van der Waals surface area contributed by atoms with E-state index >= 15 is 0 Å². The normalized spacial score (nSPS) is 17.5. The molecule has 1 aliphatic heterocycles. The number of fused-ring (bicyclic) bond motifs is 1. The first-order valence-electron chi connectivity index (χ1n) is 6.77. The number of anilines is 1. The van der Waals surface area contributed by atoms with Crippen LogP contribution in [-0.2, 0) is 9.59 Å². The van der Waals surface area contributed by atoms with E-state index in [0.717, 1.165) is 4.90 Å². The van der Waals surface area contributed by atoms with Gasteiger partial charge in [0.05, 0.1) is 10.9 Å². The molecule has 0 spiro atoms. The predicted molar refractivity (Wildman–Crippen MR) is 84.2 cm³/mol. The zero-order chi connectivity index (χ0) is 16.7. The Morgan fingerprint density at radius 3 is 2.59 bits per heavy atom. The third-order valence-electron chi connectivity index (χ3n) is 3.82. The van der Waals surface area contributed by atoms with Gasteiger partial charge in [0.1, 0.15) is 5.54 Å². The maximum atomic E-state index is 12.5. The van der Waals surface area contributed by atoms with Gasteiger partial charge in [-0.25, -0.2) is 4.79 Å². The maximum Gasteiger partial charge on any atom is 0.329 e. The van der Waals surface area contributed by atoms with E-state index in [1.54, 1.807) is 18.2 Å². The largest absolute Gasteiger partial charge is 0.480 e. The lowest BCUT2D eigenvalue weighted by molar-refractivity contribution is -0.147. The van der Waals surface area contributed by atoms with E-state index in [-0.39, 0.29) is 11.2 Å². The third-order valence-corrected chi connectivity index (χ3v) is 5.00. The third kappa shape index (κ3) is 2.81. The summed E-state index contributed by atoms with van der Waals surface area (Å²) >= 11 is 1.43. The van der Waals surface area contributed by atoms with Crippen LogP contribution in [0, 0.1) is 0 Å². The molecule has 1 aromatic rings. The molecule has 0 saturated carbocycles. The maximum absolute atomic E-state index is 12.5. The molecule has 0 aromatic heterocycles. The highest BCUT2D eigenvalue weighted by Crippen LogP contribution is 2.36. The SMILES string of the molecule is CC1Sc2ccc(C(=O)N(C)C(C)(C)C(=O)O)cc2NC1=O. The van der Waals surface area contributed by atoms with E-state index in [2.05, 4.69) is 5.32 Å². The molecule has 6 nitrogen and oxygen atoms in total. The van der Waals surface area contributed by atoms with Crippen molar-refractivity contribution >= 4 is 35.2 Å². The van der Waals surface area contributed by atoms with Gasteiger partial charge in [0.2, 0.25) is 5.91 Å². The topological polar surface area (TPSA) is 86.7 Å². The number of nitrogens with one attached hydrogen (secondary N) is 1. The number of carboxylic acid groups (broad SMARTS) is 1. The Kier molecular flexibility index (Phi) is 4.19. The number of amides is 2. The lowest BCUT2D eigenvalue weighted by atomic mass is 10.0. The van der Waals surface area contributed by atoms with Crippen LogP contribution in [-0.4, -0.2) is 45.6 Å². The molecule has 0 saturated heterocycles. The second-order valence-electron chi connectivity index (χ2n) is 5.69. The number of hydrogen-bond donors (Lipinski definition) is 2. The van der Waals surface area contributed by atoms with Crippen LogP contribution < -0.4 is 5.32 Å². The van der Waals surface area contributed by atoms with Gasteiger partial charge < -0.3 is 15.3 Å². The van der Waals surface area contributed by atoms with E-state index in [0.29, 0.717) is 11.3 Å². The van der Waals surface area contributed by atoms with Crippen LogP contribution in [0.3, 0.4) is 0 Å². The highest BCUT2D eigenvalue weighted by Gasteiger charge is 2.36. The minimum atomic E-state index is -1.32. The number of nitrogens with zero attached hydrogens (tertiary/aromatic N) is 1. The fourth-order valence-corrected chi connectivity index (χ4v) is 2.86. The van der Waals surface area contributed by atoms with Gasteiger partial charge in [-0.2, -0.15) is 0 Å². The van der Waals surface area contributed by atoms with Crippen LogP contribution in [0.4, 0.5) is 5.69 Å². The molecule has 7 heteroatoms. The van der Waals surface area contributed by atoms with Crippen molar-refractivity contribution in [2.75, 3.05) is 12.4 Å². The quantitative estimate of drug-likeness (QED) is 0.889. The molecule has 118 valence electrons. The highest BCUT2D eigenvalue weighted by molar-refractivity contribution is 8.00. The summed E-state index contributed by atoms with van der Waals surface area (Å²) in [6.45, 7) is 4.74. The van der Waals surface area contributed by atoms with Crippen molar-refractivity contribution in [1.82, 2.24) is 4.90 Å². The van der Waals surface area contributed by atoms with Crippen LogP contribution in [0.15, 0.2) is 23.1 Å². The lowest BCUT2D eigenvalue weighted by Crippen LogP contribution is -2.50. The molecule has 1 atom stereocenters. The van der Waals surface area contributed by atoms with Crippen molar-refractivity contribution in [2.45, 2.75) is 36.5 Å². The summed E-state index contributed by atoms with van der Waals surface area (Å²) in [7, 11) is 1.45. The fourth-order valence-electron chi connectivity index (χ4n) is 1.93. The molecule has 1 heterocycles. The average Bonchev–Trinajstić information content (AvgIpc) is 2.46. The molecule has 0 aliphatic carbocycles. The molecular formula is C15H18N2O4S. The van der Waals surface area contributed by atoms with Gasteiger partial charge in [0.15, 0.2) is 0 Å². The molecule has 0 fully saturated rings. The fraction of sp³-hybridized carbons (Fsp3) is 0.400. The number of carbonyl (C=O) groups is 3. The van der Waals surface area contributed by atoms with Crippen molar-refractivity contribution in [3.8, 4) is 0 Å². The number of thioether (sulfide) groups is 1. The Hall–Kier alpha value is -2.02. The average molecular weight is 322 g/mol. The second kappa shape index (κ2) is 5.64. The number of benzene rings is 1. The van der Waals surface area contributed by atoms with Crippen molar-refractivity contribution < 1.29 is 19.5 Å². The van der Waals surface area contributed by atoms with E-state index in [9.17, 15) is 19.5 Å². The van der Waals surface area contributed by atoms with Gasteiger partial charge in [-0.05, 0) is 39.0 Å². The molecule has 1 aliphatic rings. The van der Waals surface area contributed by atoms with Gasteiger partial charge in [0.25, 0.3) is 5.91 Å². The first-order chi connectivity index (χ1) is 10.1. The van der Waals surface area contributed by atoms with Gasteiger partial charge in [-0.15, -0.1) is 11.8 Å². The molecule has 2 rings (SSSR count). The standard InChI is InChI=1S/C15H18N2O4S/c1-8-12(18)16-10-7-9(5-6-11(10)22-8)13(19)17(4)15(2,3)14(20)21/h5-8H,1-4H3,(H,16,18)(H,20,21). The highest BCUT2D eigenvalue weighted by atomic mass is 32.2. The smallest absolute Gasteiger partial charge is 0.329 e. The van der Waals surface area contributed by atoms with Crippen molar-refractivity contribution in [3.63, 3.8) is 0 Å². The van der Waals surface area contributed by atoms with Gasteiger partial charge >= 0.3 is 5.97 Å². The second-order valence-corrected chi connectivity index (χ2v) is 7.07. The molecule has 1 unspecified atom stereocenters. The summed E-state index contributed by atoms with van der Waals surface area (Å²) in [6, 6.07) is 5.00. The van der Waals surface area contributed by atoms with E-state index in [1.807, 2.05) is 6.92 Å². The van der Waals surface area contributed by atoms with Crippen LogP contribution in [0.2, 0.25) is 0 Å². The summed E-state index contributed by atoms with van der Waals surface area (Å²) in [5.41, 5.74) is -0.397. The van der Waals surface area contributed by atoms with E-state index in [4.69, 9.17) is 0 Å². The number of aliphatic carboxylic acids is 1. The number of carboxylic acids is 1. The summed E-state index contributed by atoms with van der Waals surface area (Å²) in [5, 5.41) is 11.8. The van der Waals surface area contributed by atoms with Gasteiger partial charge in [-0.1, -0.05) is 0 Å². The first-order valence-corrected chi connectivity index (χ1v) is 7.65. The summed E-state index contributed by atoms with van der Waals surface area (Å²) in [5.74, 6) is -1.60. The van der Waals surface area contributed by atoms with Gasteiger partial charge in [0, 0.05) is 17.5 Å². The van der Waals surface area contributed by atoms with Gasteiger partial charge in [-0.3, -0.25) is 9.59 Å². The van der Waals surface area contributed by atoms with E-state index in [1.165, 1.54) is 37.6 Å². The van der Waals surface area contributed by atoms with Crippen LogP contribution in [0.5, 0.6) is 0 Å². The molecular weight excluding hydrogens is 304 g/mol. The van der Waals surface area contributed by atoms with Crippen LogP contribution >= 0.6 is 11.8 Å². The number of hydrogen-bond acceptors (Lipinski definition) is 4. The molecule has 0 radical (unpaired) electrons. The monoisotopic (exact) mass is 322 g/mol. The summed E-state index contributed by atoms with van der Waals surface area (Å²) in [4.78, 5) is 37.5. The Labute approximate surface area is 132 Å². The van der Waals surface area contributed by atoms with Crippen molar-refractivity contribution in [3.05, 3.63) is 23.8 Å². The lowest BCUT2D eigenvalue weighted by Gasteiger charge is -2.32. The zero-order valence-corrected chi connectivity index (χ0v) is 13.7. The van der Waals surface area contributed by atoms with Crippen LogP contribution in [0.1, 0.15) is 31.1 Å². The summed E-state index contributed by atoms with van der Waals surface area (Å²) < 4.78 is 0. The first kappa shape index (κ1) is 16.4. The molecule has 0 bridgehead atoms. The summed E-state index contributed by atoms with van der Waals surface area (Å²) in [6.07, 6.45) is 0. The number of rotatable bonds is 3. The molecule has 1 aromatic carbocycles. The van der Waals surface area contributed by atoms with E-state index < -0.39 is 17.4 Å². The Bertz CT molecular complexity index is 657. The predicted octanol–water partition coefficient (Wildman–Crippen LogP) is 2.05. The molecule has 2 N–H and O–H groups in total. The Morgan fingerprint density at radius 1 is 1.36 bits per heavy atom. The number of carbonyl (C=O) groups excluding carboxylic acids is 2. The minimum Gasteiger partial charge on any atom is -0.480 e. The number of likely N-dealkylation sites (N-methyl/N-ethyl adjacent to an activating group) is 1. The molecule has 22 heavy (non-hydrogen) atoms. The van der Waals surface area contributed by atoms with Crippen molar-refractivity contribution in [1.29, 1.82) is 0 Å². The zero-order valence-electron chi connectivity index (χ0n) is 12.8. The minimum absolute atomic E-state index is 0.110. The van der Waals surface area contributed by atoms with Crippen LogP contribution in [0.25, 0.3) is 0 Å². The Balaban J connectivity index is 2.31. The van der Waals surface area contributed by atoms with Crippen molar-refractivity contribution in [2.24, 2.45) is 0 Å². The molecule has 2 amide bonds.